The highest BCUT2D eigenvalue weighted by atomic mass is 19.1. The van der Waals surface area contributed by atoms with Gasteiger partial charge in [0.1, 0.15) is 5.82 Å². The van der Waals surface area contributed by atoms with Crippen molar-refractivity contribution in [1.29, 1.82) is 5.26 Å². The SMILES string of the molecule is Cc1ccncc1CNCc1cc(C#N)ccc1F. The summed E-state index contributed by atoms with van der Waals surface area (Å²) in [6, 6.07) is 8.31. The molecule has 0 amide bonds. The van der Waals surface area contributed by atoms with E-state index < -0.39 is 0 Å². The number of nitriles is 1. The Morgan fingerprint density at radius 2 is 2.05 bits per heavy atom. The summed E-state index contributed by atoms with van der Waals surface area (Å²) < 4.78 is 13.5. The van der Waals surface area contributed by atoms with Crippen LogP contribution in [0.25, 0.3) is 0 Å². The molecule has 0 aliphatic heterocycles. The van der Waals surface area contributed by atoms with Crippen LogP contribution in [0.2, 0.25) is 0 Å². The molecule has 0 atom stereocenters. The highest BCUT2D eigenvalue weighted by Crippen LogP contribution is 2.10. The van der Waals surface area contributed by atoms with Crippen molar-refractivity contribution in [2.24, 2.45) is 0 Å². The third-order valence-corrected chi connectivity index (χ3v) is 2.95. The van der Waals surface area contributed by atoms with Gasteiger partial charge in [-0.25, -0.2) is 4.39 Å². The summed E-state index contributed by atoms with van der Waals surface area (Å²) in [5.74, 6) is -0.297. The molecule has 0 aliphatic rings. The lowest BCUT2D eigenvalue weighted by Crippen LogP contribution is -2.14. The van der Waals surface area contributed by atoms with Crippen LogP contribution in [0.15, 0.2) is 36.7 Å². The van der Waals surface area contributed by atoms with Crippen LogP contribution < -0.4 is 5.32 Å². The van der Waals surface area contributed by atoms with E-state index in [0.717, 1.165) is 11.1 Å². The second-order valence-electron chi connectivity index (χ2n) is 4.32. The number of hydrogen-bond acceptors (Lipinski definition) is 3. The molecule has 0 fully saturated rings. The lowest BCUT2D eigenvalue weighted by Gasteiger charge is -2.08. The van der Waals surface area contributed by atoms with E-state index in [0.29, 0.717) is 24.2 Å². The Labute approximate surface area is 111 Å². The Bertz CT molecular complexity index is 617. The van der Waals surface area contributed by atoms with Crippen LogP contribution in [-0.2, 0) is 13.1 Å². The first kappa shape index (κ1) is 13.2. The number of benzene rings is 1. The maximum absolute atomic E-state index is 13.5. The Balaban J connectivity index is 2.00. The van der Waals surface area contributed by atoms with Crippen molar-refractivity contribution in [3.05, 3.63) is 64.7 Å². The maximum Gasteiger partial charge on any atom is 0.127 e. The average Bonchev–Trinajstić information content (AvgIpc) is 2.43. The fourth-order valence-corrected chi connectivity index (χ4v) is 1.79. The number of halogens is 1. The van der Waals surface area contributed by atoms with Gasteiger partial charge in [-0.15, -0.1) is 0 Å². The van der Waals surface area contributed by atoms with E-state index in [1.807, 2.05) is 19.1 Å². The van der Waals surface area contributed by atoms with Crippen molar-refractivity contribution < 1.29 is 4.39 Å². The number of nitrogens with one attached hydrogen (secondary N) is 1. The number of pyridine rings is 1. The van der Waals surface area contributed by atoms with Gasteiger partial charge in [-0.05, 0) is 42.3 Å². The Kier molecular flexibility index (Phi) is 4.22. The Morgan fingerprint density at radius 1 is 1.26 bits per heavy atom. The van der Waals surface area contributed by atoms with Crippen LogP contribution in [-0.4, -0.2) is 4.98 Å². The van der Waals surface area contributed by atoms with E-state index in [1.165, 1.54) is 12.1 Å². The fraction of sp³-hybridized carbons (Fsp3) is 0.200. The van der Waals surface area contributed by atoms with E-state index in [4.69, 9.17) is 5.26 Å². The highest BCUT2D eigenvalue weighted by Gasteiger charge is 2.04. The van der Waals surface area contributed by atoms with Gasteiger partial charge < -0.3 is 5.32 Å². The zero-order chi connectivity index (χ0) is 13.7. The monoisotopic (exact) mass is 255 g/mol. The molecular formula is C15H14FN3. The first-order chi connectivity index (χ1) is 9.20. The molecule has 0 unspecified atom stereocenters. The first-order valence-corrected chi connectivity index (χ1v) is 5.99. The standard InChI is InChI=1S/C15H14FN3/c1-11-4-5-18-9-14(11)10-19-8-13-6-12(7-17)2-3-15(13)16/h2-6,9,19H,8,10H2,1H3. The molecule has 4 heteroatoms. The molecule has 0 aliphatic carbocycles. The Hall–Kier alpha value is -2.25. The second-order valence-corrected chi connectivity index (χ2v) is 4.32. The summed E-state index contributed by atoms with van der Waals surface area (Å²) in [5.41, 5.74) is 3.20. The molecule has 0 bridgehead atoms. The molecule has 3 nitrogen and oxygen atoms in total. The normalized spacial score (nSPS) is 10.2. The summed E-state index contributed by atoms with van der Waals surface area (Å²) in [7, 11) is 0. The third-order valence-electron chi connectivity index (χ3n) is 2.95. The van der Waals surface area contributed by atoms with E-state index in [1.54, 1.807) is 18.5 Å². The van der Waals surface area contributed by atoms with Crippen LogP contribution in [0.3, 0.4) is 0 Å². The van der Waals surface area contributed by atoms with Crippen molar-refractivity contribution in [3.8, 4) is 6.07 Å². The number of aryl methyl sites for hydroxylation is 1. The molecule has 19 heavy (non-hydrogen) atoms. The summed E-state index contributed by atoms with van der Waals surface area (Å²) >= 11 is 0. The van der Waals surface area contributed by atoms with Crippen LogP contribution in [0.5, 0.6) is 0 Å². The molecule has 0 radical (unpaired) electrons. The number of hydrogen-bond donors (Lipinski definition) is 1. The van der Waals surface area contributed by atoms with Crippen LogP contribution in [0.1, 0.15) is 22.3 Å². The largest absolute Gasteiger partial charge is 0.308 e. The molecule has 0 spiro atoms. The van der Waals surface area contributed by atoms with Gasteiger partial charge >= 0.3 is 0 Å². The van der Waals surface area contributed by atoms with E-state index in [-0.39, 0.29) is 5.82 Å². The minimum absolute atomic E-state index is 0.297. The number of nitrogens with zero attached hydrogens (tertiary/aromatic N) is 2. The smallest absolute Gasteiger partial charge is 0.127 e. The van der Waals surface area contributed by atoms with Crippen LogP contribution in [0.4, 0.5) is 4.39 Å². The summed E-state index contributed by atoms with van der Waals surface area (Å²) in [4.78, 5) is 4.06. The minimum atomic E-state index is -0.297. The molecule has 0 saturated carbocycles. The molecular weight excluding hydrogens is 241 g/mol. The zero-order valence-electron chi connectivity index (χ0n) is 10.7. The van der Waals surface area contributed by atoms with Gasteiger partial charge in [0.15, 0.2) is 0 Å². The average molecular weight is 255 g/mol. The zero-order valence-corrected chi connectivity index (χ0v) is 10.7. The molecule has 0 saturated heterocycles. The Morgan fingerprint density at radius 3 is 2.79 bits per heavy atom. The molecule has 1 aromatic carbocycles. The fourth-order valence-electron chi connectivity index (χ4n) is 1.79. The van der Waals surface area contributed by atoms with E-state index in [9.17, 15) is 4.39 Å². The van der Waals surface area contributed by atoms with Crippen molar-refractivity contribution >= 4 is 0 Å². The van der Waals surface area contributed by atoms with Gasteiger partial charge in [0.05, 0.1) is 11.6 Å². The summed E-state index contributed by atoms with van der Waals surface area (Å²) in [6.07, 6.45) is 3.54. The van der Waals surface area contributed by atoms with Gasteiger partial charge in [-0.3, -0.25) is 4.98 Å². The second kappa shape index (κ2) is 6.07. The van der Waals surface area contributed by atoms with Crippen LogP contribution >= 0.6 is 0 Å². The lowest BCUT2D eigenvalue weighted by molar-refractivity contribution is 0.587. The molecule has 1 heterocycles. The van der Waals surface area contributed by atoms with Crippen molar-refractivity contribution in [3.63, 3.8) is 0 Å². The quantitative estimate of drug-likeness (QED) is 0.913. The predicted molar refractivity (Wildman–Crippen MR) is 70.6 cm³/mol. The van der Waals surface area contributed by atoms with Gasteiger partial charge in [0.25, 0.3) is 0 Å². The lowest BCUT2D eigenvalue weighted by atomic mass is 10.1. The highest BCUT2D eigenvalue weighted by molar-refractivity contribution is 5.33. The van der Waals surface area contributed by atoms with Gasteiger partial charge in [0, 0.05) is 31.0 Å². The number of rotatable bonds is 4. The number of aromatic nitrogens is 1. The predicted octanol–water partition coefficient (Wildman–Crippen LogP) is 2.69. The van der Waals surface area contributed by atoms with Crippen molar-refractivity contribution in [1.82, 2.24) is 10.3 Å². The molecule has 1 aromatic heterocycles. The molecule has 1 N–H and O–H groups in total. The minimum Gasteiger partial charge on any atom is -0.308 e. The van der Waals surface area contributed by atoms with Crippen LogP contribution in [0, 0.1) is 24.1 Å². The van der Waals surface area contributed by atoms with Gasteiger partial charge in [0.2, 0.25) is 0 Å². The molecule has 2 rings (SSSR count). The van der Waals surface area contributed by atoms with Crippen molar-refractivity contribution in [2.75, 3.05) is 0 Å². The van der Waals surface area contributed by atoms with E-state index >= 15 is 0 Å². The maximum atomic E-state index is 13.5. The molecule has 96 valence electrons. The first-order valence-electron chi connectivity index (χ1n) is 5.99. The van der Waals surface area contributed by atoms with Gasteiger partial charge in [-0.1, -0.05) is 0 Å². The van der Waals surface area contributed by atoms with Crippen molar-refractivity contribution in [2.45, 2.75) is 20.0 Å². The molecule has 2 aromatic rings. The topological polar surface area (TPSA) is 48.7 Å². The summed E-state index contributed by atoms with van der Waals surface area (Å²) in [5, 5.41) is 12.0. The van der Waals surface area contributed by atoms with Gasteiger partial charge in [-0.2, -0.15) is 5.26 Å². The third kappa shape index (κ3) is 3.36. The van der Waals surface area contributed by atoms with E-state index in [2.05, 4.69) is 10.3 Å². The summed E-state index contributed by atoms with van der Waals surface area (Å²) in [6.45, 7) is 3.02.